The van der Waals surface area contributed by atoms with Crippen LogP contribution in [0.25, 0.3) is 0 Å². The van der Waals surface area contributed by atoms with Gasteiger partial charge in [0, 0.05) is 6.20 Å². The highest BCUT2D eigenvalue weighted by atomic mass is 35.5. The van der Waals surface area contributed by atoms with Crippen molar-refractivity contribution >= 4 is 17.4 Å². The number of hydrogen-bond donors (Lipinski definition) is 1. The molecule has 1 aromatic heterocycles. The van der Waals surface area contributed by atoms with Crippen molar-refractivity contribution in [1.29, 1.82) is 0 Å². The lowest BCUT2D eigenvalue weighted by atomic mass is 9.84. The fourth-order valence-electron chi connectivity index (χ4n) is 2.21. The van der Waals surface area contributed by atoms with Gasteiger partial charge < -0.3 is 5.73 Å². The van der Waals surface area contributed by atoms with E-state index in [1.54, 1.807) is 6.20 Å². The van der Waals surface area contributed by atoms with Gasteiger partial charge in [-0.25, -0.2) is 4.98 Å². The summed E-state index contributed by atoms with van der Waals surface area (Å²) < 4.78 is 0. The fourth-order valence-corrected chi connectivity index (χ4v) is 2.37. The molecule has 14 heavy (non-hydrogen) atoms. The van der Waals surface area contributed by atoms with Crippen molar-refractivity contribution in [3.8, 4) is 0 Å². The minimum absolute atomic E-state index is 0.579. The summed E-state index contributed by atoms with van der Waals surface area (Å²) in [5.41, 5.74) is 7.00. The molecule has 0 bridgehead atoms. The highest BCUT2D eigenvalue weighted by molar-refractivity contribution is 6.30. The molecular weight excluding hydrogens is 196 g/mol. The van der Waals surface area contributed by atoms with E-state index in [0.29, 0.717) is 16.8 Å². The quantitative estimate of drug-likeness (QED) is 0.772. The molecule has 1 fully saturated rings. The standard InChI is InChI=1S/C11H15ClN2/c12-9-6-10(11(13)14-7-9)8-4-2-1-3-5-8/h6-8H,1-5H2,(H2,13,14). The van der Waals surface area contributed by atoms with Crippen LogP contribution in [0, 0.1) is 0 Å². The highest BCUT2D eigenvalue weighted by Crippen LogP contribution is 2.35. The third-order valence-corrected chi connectivity index (χ3v) is 3.17. The van der Waals surface area contributed by atoms with E-state index >= 15 is 0 Å². The Bertz CT molecular complexity index is 319. The molecule has 0 radical (unpaired) electrons. The highest BCUT2D eigenvalue weighted by Gasteiger charge is 2.18. The number of pyridine rings is 1. The van der Waals surface area contributed by atoms with Crippen LogP contribution in [0.2, 0.25) is 5.02 Å². The van der Waals surface area contributed by atoms with Crippen molar-refractivity contribution in [3.63, 3.8) is 0 Å². The predicted octanol–water partition coefficient (Wildman–Crippen LogP) is 3.36. The zero-order valence-electron chi connectivity index (χ0n) is 8.17. The molecule has 2 rings (SSSR count). The van der Waals surface area contributed by atoms with Gasteiger partial charge in [0.1, 0.15) is 5.82 Å². The number of nitrogen functional groups attached to an aromatic ring is 1. The lowest BCUT2D eigenvalue weighted by molar-refractivity contribution is 0.444. The molecular formula is C11H15ClN2. The molecule has 0 unspecified atom stereocenters. The van der Waals surface area contributed by atoms with E-state index in [-0.39, 0.29) is 0 Å². The molecule has 0 spiro atoms. The van der Waals surface area contributed by atoms with Gasteiger partial charge in [0.25, 0.3) is 0 Å². The molecule has 0 aromatic carbocycles. The van der Waals surface area contributed by atoms with Crippen LogP contribution in [-0.4, -0.2) is 4.98 Å². The monoisotopic (exact) mass is 210 g/mol. The Labute approximate surface area is 89.5 Å². The zero-order chi connectivity index (χ0) is 9.97. The van der Waals surface area contributed by atoms with Crippen LogP contribution < -0.4 is 5.73 Å². The van der Waals surface area contributed by atoms with Crippen molar-refractivity contribution in [1.82, 2.24) is 4.98 Å². The molecule has 76 valence electrons. The maximum absolute atomic E-state index is 5.92. The Kier molecular flexibility index (Phi) is 2.92. The van der Waals surface area contributed by atoms with Gasteiger partial charge >= 0.3 is 0 Å². The number of aromatic nitrogens is 1. The van der Waals surface area contributed by atoms with Gasteiger partial charge in [0.05, 0.1) is 5.02 Å². The van der Waals surface area contributed by atoms with Crippen LogP contribution in [0.15, 0.2) is 12.3 Å². The fraction of sp³-hybridized carbons (Fsp3) is 0.545. The van der Waals surface area contributed by atoms with Crippen molar-refractivity contribution < 1.29 is 0 Å². The first kappa shape index (κ1) is 9.78. The maximum Gasteiger partial charge on any atom is 0.126 e. The summed E-state index contributed by atoms with van der Waals surface area (Å²) in [6.07, 6.45) is 8.03. The minimum atomic E-state index is 0.579. The number of rotatable bonds is 1. The molecule has 3 heteroatoms. The first-order valence-electron chi connectivity index (χ1n) is 5.18. The second-order valence-electron chi connectivity index (χ2n) is 3.96. The second-order valence-corrected chi connectivity index (χ2v) is 4.40. The maximum atomic E-state index is 5.92. The van der Waals surface area contributed by atoms with Crippen molar-refractivity contribution in [2.24, 2.45) is 0 Å². The number of hydrogen-bond acceptors (Lipinski definition) is 2. The van der Waals surface area contributed by atoms with E-state index in [2.05, 4.69) is 4.98 Å². The van der Waals surface area contributed by atoms with Gasteiger partial charge in [-0.1, -0.05) is 30.9 Å². The van der Waals surface area contributed by atoms with E-state index < -0.39 is 0 Å². The minimum Gasteiger partial charge on any atom is -0.383 e. The number of anilines is 1. The molecule has 0 aliphatic heterocycles. The Hall–Kier alpha value is -0.760. The SMILES string of the molecule is Nc1ncc(Cl)cc1C1CCCCC1. The van der Waals surface area contributed by atoms with Crippen LogP contribution in [0.4, 0.5) is 5.82 Å². The Morgan fingerprint density at radius 3 is 2.71 bits per heavy atom. The van der Waals surface area contributed by atoms with E-state index in [0.717, 1.165) is 5.56 Å². The lowest BCUT2D eigenvalue weighted by Crippen LogP contribution is -2.08. The Morgan fingerprint density at radius 1 is 1.29 bits per heavy atom. The molecule has 2 nitrogen and oxygen atoms in total. The summed E-state index contributed by atoms with van der Waals surface area (Å²) in [6.45, 7) is 0. The van der Waals surface area contributed by atoms with Crippen molar-refractivity contribution in [3.05, 3.63) is 22.8 Å². The molecule has 1 aliphatic rings. The Morgan fingerprint density at radius 2 is 2.00 bits per heavy atom. The van der Waals surface area contributed by atoms with E-state index in [1.807, 2.05) is 6.07 Å². The van der Waals surface area contributed by atoms with Crippen LogP contribution in [0.3, 0.4) is 0 Å². The topological polar surface area (TPSA) is 38.9 Å². The van der Waals surface area contributed by atoms with Crippen molar-refractivity contribution in [2.75, 3.05) is 5.73 Å². The lowest BCUT2D eigenvalue weighted by Gasteiger charge is -2.22. The predicted molar refractivity (Wildman–Crippen MR) is 59.5 cm³/mol. The summed E-state index contributed by atoms with van der Waals surface area (Å²) in [5, 5.41) is 0.694. The van der Waals surface area contributed by atoms with Gasteiger partial charge in [-0.05, 0) is 30.4 Å². The van der Waals surface area contributed by atoms with Gasteiger partial charge in [-0.3, -0.25) is 0 Å². The molecule has 0 amide bonds. The summed E-state index contributed by atoms with van der Waals surface area (Å²) in [5.74, 6) is 1.23. The van der Waals surface area contributed by atoms with Crippen LogP contribution in [0.1, 0.15) is 43.6 Å². The smallest absolute Gasteiger partial charge is 0.126 e. The first-order valence-corrected chi connectivity index (χ1v) is 5.56. The van der Waals surface area contributed by atoms with E-state index in [4.69, 9.17) is 17.3 Å². The third-order valence-electron chi connectivity index (χ3n) is 2.96. The van der Waals surface area contributed by atoms with Gasteiger partial charge in [0.2, 0.25) is 0 Å². The number of halogens is 1. The molecule has 0 saturated heterocycles. The van der Waals surface area contributed by atoms with Gasteiger partial charge in [0.15, 0.2) is 0 Å². The van der Waals surface area contributed by atoms with Crippen LogP contribution in [0.5, 0.6) is 0 Å². The summed E-state index contributed by atoms with van der Waals surface area (Å²) in [4.78, 5) is 4.10. The van der Waals surface area contributed by atoms with Crippen molar-refractivity contribution in [2.45, 2.75) is 38.0 Å². The normalized spacial score (nSPS) is 18.4. The van der Waals surface area contributed by atoms with Crippen LogP contribution in [-0.2, 0) is 0 Å². The summed E-state index contributed by atoms with van der Waals surface area (Å²) in [6, 6.07) is 1.97. The van der Waals surface area contributed by atoms with Gasteiger partial charge in [-0.15, -0.1) is 0 Å². The number of nitrogens with two attached hydrogens (primary N) is 1. The summed E-state index contributed by atoms with van der Waals surface area (Å²) in [7, 11) is 0. The molecule has 1 saturated carbocycles. The first-order chi connectivity index (χ1) is 6.77. The third kappa shape index (κ3) is 2.01. The average molecular weight is 211 g/mol. The average Bonchev–Trinajstić information content (AvgIpc) is 2.23. The molecule has 2 N–H and O–H groups in total. The van der Waals surface area contributed by atoms with Crippen LogP contribution >= 0.6 is 11.6 Å². The largest absolute Gasteiger partial charge is 0.383 e. The second kappa shape index (κ2) is 4.18. The molecule has 1 heterocycles. The molecule has 0 atom stereocenters. The van der Waals surface area contributed by atoms with E-state index in [9.17, 15) is 0 Å². The molecule has 1 aliphatic carbocycles. The Balaban J connectivity index is 2.24. The van der Waals surface area contributed by atoms with E-state index in [1.165, 1.54) is 32.1 Å². The zero-order valence-corrected chi connectivity index (χ0v) is 8.93. The summed E-state index contributed by atoms with van der Waals surface area (Å²) >= 11 is 5.92. The number of nitrogens with zero attached hydrogens (tertiary/aromatic N) is 1. The molecule has 1 aromatic rings. The van der Waals surface area contributed by atoms with Gasteiger partial charge in [-0.2, -0.15) is 0 Å².